The van der Waals surface area contributed by atoms with Gasteiger partial charge >= 0.3 is 0 Å². The summed E-state index contributed by atoms with van der Waals surface area (Å²) in [5.41, 5.74) is 8.52. The van der Waals surface area contributed by atoms with E-state index in [1.165, 1.54) is 33.4 Å². The van der Waals surface area contributed by atoms with E-state index in [2.05, 4.69) is 70.0 Å². The standard InChI is InChI=1S/C17H15Br2/c1-3-10-6-5-7-11-8-12-9-14(18)17(19)13(4-2)16(12)15(10)11/h5-7H,3-4,8H2,1-2H3. The lowest BCUT2D eigenvalue weighted by molar-refractivity contribution is 1.11. The van der Waals surface area contributed by atoms with E-state index in [0.717, 1.165) is 28.2 Å². The Hall–Kier alpha value is -0.600. The zero-order chi connectivity index (χ0) is 13.6. The topological polar surface area (TPSA) is 0 Å². The van der Waals surface area contributed by atoms with E-state index < -0.39 is 0 Å². The van der Waals surface area contributed by atoms with Crippen molar-refractivity contribution >= 4 is 31.9 Å². The first-order chi connectivity index (χ1) is 9.17. The maximum absolute atomic E-state index is 3.71. The molecule has 1 radical (unpaired) electrons. The van der Waals surface area contributed by atoms with Gasteiger partial charge in [0.05, 0.1) is 0 Å². The maximum Gasteiger partial charge on any atom is 0.0402 e. The summed E-state index contributed by atoms with van der Waals surface area (Å²) in [4.78, 5) is 0. The molecule has 0 aliphatic heterocycles. The van der Waals surface area contributed by atoms with Crippen LogP contribution in [0.3, 0.4) is 0 Å². The Bertz CT molecular complexity index is 657. The SMILES string of the molecule is CCc1cccc2c1-c1c([c]c(Br)c(Br)c1CC)C2. The van der Waals surface area contributed by atoms with Gasteiger partial charge in [0.2, 0.25) is 0 Å². The summed E-state index contributed by atoms with van der Waals surface area (Å²) in [5.74, 6) is 0. The van der Waals surface area contributed by atoms with Crippen LogP contribution in [0.4, 0.5) is 0 Å². The molecule has 2 aromatic carbocycles. The first kappa shape index (κ1) is 13.4. The Morgan fingerprint density at radius 3 is 2.58 bits per heavy atom. The van der Waals surface area contributed by atoms with Gasteiger partial charge in [0.15, 0.2) is 0 Å². The average Bonchev–Trinajstić information content (AvgIpc) is 2.78. The third-order valence-electron chi connectivity index (χ3n) is 3.91. The maximum atomic E-state index is 3.71. The van der Waals surface area contributed by atoms with Gasteiger partial charge in [0.1, 0.15) is 0 Å². The number of hydrogen-bond donors (Lipinski definition) is 0. The Morgan fingerprint density at radius 2 is 1.89 bits per heavy atom. The molecule has 0 saturated carbocycles. The third kappa shape index (κ3) is 2.00. The van der Waals surface area contributed by atoms with E-state index >= 15 is 0 Å². The molecule has 0 fully saturated rings. The third-order valence-corrected chi connectivity index (χ3v) is 5.91. The first-order valence-electron chi connectivity index (χ1n) is 6.70. The average molecular weight is 379 g/mol. The molecule has 97 valence electrons. The molecule has 19 heavy (non-hydrogen) atoms. The van der Waals surface area contributed by atoms with E-state index in [0.29, 0.717) is 0 Å². The molecule has 0 bridgehead atoms. The number of benzene rings is 2. The predicted molar refractivity (Wildman–Crippen MR) is 87.7 cm³/mol. The molecular weight excluding hydrogens is 364 g/mol. The molecule has 0 heterocycles. The predicted octanol–water partition coefficient (Wildman–Crippen LogP) is 5.71. The van der Waals surface area contributed by atoms with Crippen LogP contribution < -0.4 is 0 Å². The summed E-state index contributed by atoms with van der Waals surface area (Å²) in [7, 11) is 0. The second-order valence-electron chi connectivity index (χ2n) is 4.92. The molecule has 0 amide bonds. The molecule has 0 unspecified atom stereocenters. The molecular formula is C17H15Br2. The van der Waals surface area contributed by atoms with Gasteiger partial charge in [-0.15, -0.1) is 0 Å². The molecule has 0 aromatic heterocycles. The molecule has 0 N–H and O–H groups in total. The lowest BCUT2D eigenvalue weighted by atomic mass is 9.93. The number of aryl methyl sites for hydroxylation is 1. The molecule has 0 nitrogen and oxygen atoms in total. The van der Waals surface area contributed by atoms with E-state index in [1.54, 1.807) is 0 Å². The lowest BCUT2D eigenvalue weighted by Gasteiger charge is -2.14. The van der Waals surface area contributed by atoms with Crippen LogP contribution in [-0.4, -0.2) is 0 Å². The second-order valence-corrected chi connectivity index (χ2v) is 6.51. The monoisotopic (exact) mass is 377 g/mol. The Labute approximate surface area is 131 Å². The zero-order valence-electron chi connectivity index (χ0n) is 11.1. The highest BCUT2D eigenvalue weighted by atomic mass is 79.9. The summed E-state index contributed by atoms with van der Waals surface area (Å²) in [6, 6.07) is 10.2. The largest absolute Gasteiger partial charge is 0.0617 e. The van der Waals surface area contributed by atoms with Crippen LogP contribution in [0.15, 0.2) is 27.1 Å². The van der Waals surface area contributed by atoms with E-state index in [9.17, 15) is 0 Å². The van der Waals surface area contributed by atoms with Crippen LogP contribution in [0.1, 0.15) is 36.1 Å². The number of rotatable bonds is 2. The molecule has 3 rings (SSSR count). The van der Waals surface area contributed by atoms with Crippen molar-refractivity contribution in [3.05, 3.63) is 55.5 Å². The first-order valence-corrected chi connectivity index (χ1v) is 8.29. The highest BCUT2D eigenvalue weighted by molar-refractivity contribution is 9.13. The number of fused-ring (bicyclic) bond motifs is 3. The molecule has 2 aromatic rings. The fourth-order valence-electron chi connectivity index (χ4n) is 3.05. The Balaban J connectivity index is 2.36. The minimum Gasteiger partial charge on any atom is -0.0617 e. The van der Waals surface area contributed by atoms with E-state index in [-0.39, 0.29) is 0 Å². The zero-order valence-corrected chi connectivity index (χ0v) is 14.3. The summed E-state index contributed by atoms with van der Waals surface area (Å²) in [6.07, 6.45) is 3.13. The van der Waals surface area contributed by atoms with Crippen LogP contribution in [0.5, 0.6) is 0 Å². The van der Waals surface area contributed by atoms with Crippen LogP contribution in [0.25, 0.3) is 11.1 Å². The molecule has 0 spiro atoms. The Kier molecular flexibility index (Phi) is 3.57. The number of halogens is 2. The molecule has 2 heteroatoms. The molecule has 1 aliphatic rings. The fraction of sp³-hybridized carbons (Fsp3) is 0.294. The summed E-state index contributed by atoms with van der Waals surface area (Å²) >= 11 is 7.33. The minimum absolute atomic E-state index is 1.01. The minimum atomic E-state index is 1.01. The van der Waals surface area contributed by atoms with Crippen molar-refractivity contribution in [3.63, 3.8) is 0 Å². The summed E-state index contributed by atoms with van der Waals surface area (Å²) in [6.45, 7) is 4.45. The van der Waals surface area contributed by atoms with Gasteiger partial charge in [-0.05, 0) is 84.5 Å². The van der Waals surface area contributed by atoms with Crippen molar-refractivity contribution in [2.45, 2.75) is 33.1 Å². The Morgan fingerprint density at radius 1 is 1.11 bits per heavy atom. The van der Waals surface area contributed by atoms with Gasteiger partial charge in [-0.25, -0.2) is 0 Å². The van der Waals surface area contributed by atoms with Gasteiger partial charge in [-0.3, -0.25) is 0 Å². The van der Waals surface area contributed by atoms with Crippen LogP contribution >= 0.6 is 31.9 Å². The van der Waals surface area contributed by atoms with Crippen LogP contribution in [0.2, 0.25) is 0 Å². The quantitative estimate of drug-likeness (QED) is 0.535. The van der Waals surface area contributed by atoms with Crippen LogP contribution in [0, 0.1) is 6.07 Å². The smallest absolute Gasteiger partial charge is 0.0402 e. The number of hydrogen-bond acceptors (Lipinski definition) is 0. The van der Waals surface area contributed by atoms with Gasteiger partial charge in [0.25, 0.3) is 0 Å². The van der Waals surface area contributed by atoms with Crippen molar-refractivity contribution in [2.24, 2.45) is 0 Å². The van der Waals surface area contributed by atoms with Gasteiger partial charge in [-0.1, -0.05) is 32.0 Å². The summed E-state index contributed by atoms with van der Waals surface area (Å²) < 4.78 is 2.21. The van der Waals surface area contributed by atoms with Crippen molar-refractivity contribution in [2.75, 3.05) is 0 Å². The normalized spacial score (nSPS) is 12.4. The van der Waals surface area contributed by atoms with Crippen molar-refractivity contribution < 1.29 is 0 Å². The highest BCUT2D eigenvalue weighted by Crippen LogP contribution is 2.45. The molecule has 1 aliphatic carbocycles. The fourth-order valence-corrected chi connectivity index (χ4v) is 4.10. The lowest BCUT2D eigenvalue weighted by Crippen LogP contribution is -1.94. The van der Waals surface area contributed by atoms with Crippen molar-refractivity contribution in [1.82, 2.24) is 0 Å². The molecule has 0 atom stereocenters. The van der Waals surface area contributed by atoms with E-state index in [1.807, 2.05) is 0 Å². The second kappa shape index (κ2) is 5.06. The van der Waals surface area contributed by atoms with E-state index in [4.69, 9.17) is 0 Å². The highest BCUT2D eigenvalue weighted by Gasteiger charge is 2.25. The summed E-state index contributed by atoms with van der Waals surface area (Å²) in [5, 5.41) is 0. The van der Waals surface area contributed by atoms with Gasteiger partial charge in [-0.2, -0.15) is 0 Å². The van der Waals surface area contributed by atoms with Crippen molar-refractivity contribution in [1.29, 1.82) is 0 Å². The van der Waals surface area contributed by atoms with Gasteiger partial charge in [0, 0.05) is 15.0 Å². The van der Waals surface area contributed by atoms with Crippen molar-refractivity contribution in [3.8, 4) is 11.1 Å². The van der Waals surface area contributed by atoms with Gasteiger partial charge < -0.3 is 0 Å². The molecule has 0 saturated heterocycles. The van der Waals surface area contributed by atoms with Crippen LogP contribution in [-0.2, 0) is 19.3 Å².